The first kappa shape index (κ1) is 17.1. The lowest BCUT2D eigenvalue weighted by Gasteiger charge is -2.29. The van der Waals surface area contributed by atoms with Crippen molar-refractivity contribution in [2.75, 3.05) is 0 Å². The molecule has 0 fully saturated rings. The molecule has 113 valence electrons. The van der Waals surface area contributed by atoms with Crippen molar-refractivity contribution in [3.63, 3.8) is 0 Å². The number of rotatable bonds is 4. The lowest BCUT2D eigenvalue weighted by atomic mass is 9.75. The molecule has 0 aliphatic rings. The molecule has 0 spiro atoms. The SMILES string of the molecule is CCC(C)c1cc(C(C)(C)C)c([O])c(C(C)(C)CC)c1. The van der Waals surface area contributed by atoms with Crippen molar-refractivity contribution < 1.29 is 5.11 Å². The van der Waals surface area contributed by atoms with E-state index in [1.807, 2.05) is 0 Å². The van der Waals surface area contributed by atoms with Crippen molar-refractivity contribution in [2.24, 2.45) is 0 Å². The molecule has 1 aromatic rings. The van der Waals surface area contributed by atoms with Crippen molar-refractivity contribution in [3.05, 3.63) is 28.8 Å². The van der Waals surface area contributed by atoms with Gasteiger partial charge in [0.2, 0.25) is 0 Å². The van der Waals surface area contributed by atoms with Crippen LogP contribution in [0.2, 0.25) is 0 Å². The van der Waals surface area contributed by atoms with Crippen LogP contribution in [0.5, 0.6) is 5.75 Å². The van der Waals surface area contributed by atoms with E-state index in [1.54, 1.807) is 0 Å². The zero-order valence-electron chi connectivity index (χ0n) is 14.6. The molecule has 0 N–H and O–H groups in total. The molecule has 0 aromatic heterocycles. The third-order valence-electron chi connectivity index (χ3n) is 4.71. The van der Waals surface area contributed by atoms with Gasteiger partial charge in [-0.3, -0.25) is 5.11 Å². The van der Waals surface area contributed by atoms with Crippen LogP contribution in [0.25, 0.3) is 0 Å². The standard InChI is InChI=1S/C19H31O/c1-9-13(3)14-11-15(18(4,5)6)17(20)16(12-14)19(7,8)10-2/h11-13H,9-10H2,1-8H3. The molecule has 1 rings (SSSR count). The predicted octanol–water partition coefficient (Wildman–Crippen LogP) is 6.33. The van der Waals surface area contributed by atoms with Gasteiger partial charge in [0.05, 0.1) is 0 Å². The second kappa shape index (κ2) is 5.79. The van der Waals surface area contributed by atoms with Gasteiger partial charge in [-0.05, 0) is 35.2 Å². The van der Waals surface area contributed by atoms with Crippen molar-refractivity contribution in [1.29, 1.82) is 0 Å². The van der Waals surface area contributed by atoms with Gasteiger partial charge in [-0.25, -0.2) is 0 Å². The zero-order chi connectivity index (χ0) is 15.7. The minimum Gasteiger partial charge on any atom is -0.289 e. The fourth-order valence-corrected chi connectivity index (χ4v) is 2.42. The minimum absolute atomic E-state index is 0.0550. The molecule has 0 bridgehead atoms. The van der Waals surface area contributed by atoms with E-state index < -0.39 is 0 Å². The number of benzene rings is 1. The highest BCUT2D eigenvalue weighted by Crippen LogP contribution is 2.42. The first-order chi connectivity index (χ1) is 9.04. The zero-order valence-corrected chi connectivity index (χ0v) is 14.6. The van der Waals surface area contributed by atoms with Crippen LogP contribution in [0, 0.1) is 0 Å². The van der Waals surface area contributed by atoms with Crippen LogP contribution < -0.4 is 0 Å². The van der Waals surface area contributed by atoms with Crippen molar-refractivity contribution in [2.45, 2.75) is 85.0 Å². The third kappa shape index (κ3) is 3.37. The molecule has 1 nitrogen and oxygen atoms in total. The third-order valence-corrected chi connectivity index (χ3v) is 4.71. The van der Waals surface area contributed by atoms with E-state index >= 15 is 0 Å². The maximum Gasteiger partial charge on any atom is 0.186 e. The van der Waals surface area contributed by atoms with Gasteiger partial charge in [0.25, 0.3) is 0 Å². The van der Waals surface area contributed by atoms with Crippen LogP contribution in [0.1, 0.15) is 90.8 Å². The highest BCUT2D eigenvalue weighted by Gasteiger charge is 2.29. The largest absolute Gasteiger partial charge is 0.289 e. The smallest absolute Gasteiger partial charge is 0.186 e. The monoisotopic (exact) mass is 275 g/mol. The Morgan fingerprint density at radius 1 is 1.00 bits per heavy atom. The van der Waals surface area contributed by atoms with E-state index in [-0.39, 0.29) is 16.6 Å². The van der Waals surface area contributed by atoms with E-state index in [0.29, 0.717) is 5.92 Å². The summed E-state index contributed by atoms with van der Waals surface area (Å²) in [5, 5.41) is 12.9. The van der Waals surface area contributed by atoms with Crippen molar-refractivity contribution in [1.82, 2.24) is 0 Å². The van der Waals surface area contributed by atoms with Gasteiger partial charge in [0, 0.05) is 11.1 Å². The Morgan fingerprint density at radius 3 is 1.90 bits per heavy atom. The van der Waals surface area contributed by atoms with Gasteiger partial charge in [0.1, 0.15) is 0 Å². The van der Waals surface area contributed by atoms with Gasteiger partial charge in [-0.15, -0.1) is 0 Å². The summed E-state index contributed by atoms with van der Waals surface area (Å²) in [5.74, 6) is 0.750. The van der Waals surface area contributed by atoms with E-state index in [0.717, 1.165) is 24.0 Å². The Labute approximate surface area is 125 Å². The lowest BCUT2D eigenvalue weighted by molar-refractivity contribution is 0.322. The van der Waals surface area contributed by atoms with E-state index in [2.05, 4.69) is 67.5 Å². The summed E-state index contributed by atoms with van der Waals surface area (Å²) in [7, 11) is 0. The molecule has 0 aliphatic heterocycles. The molecule has 1 unspecified atom stereocenters. The Balaban J connectivity index is 3.59. The van der Waals surface area contributed by atoms with Crippen LogP contribution in [0.4, 0.5) is 0 Å². The van der Waals surface area contributed by atoms with E-state index in [9.17, 15) is 5.11 Å². The average Bonchev–Trinajstić information content (AvgIpc) is 2.36. The van der Waals surface area contributed by atoms with Gasteiger partial charge in [-0.2, -0.15) is 0 Å². The molecule has 1 heteroatoms. The van der Waals surface area contributed by atoms with Crippen molar-refractivity contribution in [3.8, 4) is 5.75 Å². The average molecular weight is 275 g/mol. The molecule has 0 amide bonds. The highest BCUT2D eigenvalue weighted by molar-refractivity contribution is 5.50. The minimum atomic E-state index is -0.0981. The second-order valence-corrected chi connectivity index (χ2v) is 7.74. The summed E-state index contributed by atoms with van der Waals surface area (Å²) in [6.45, 7) is 17.4. The molecule has 1 atom stereocenters. The molecule has 0 aliphatic carbocycles. The normalized spacial score (nSPS) is 14.4. The summed E-state index contributed by atoms with van der Waals surface area (Å²) in [6.07, 6.45) is 2.09. The molecule has 20 heavy (non-hydrogen) atoms. The number of hydrogen-bond acceptors (Lipinski definition) is 0. The maximum absolute atomic E-state index is 12.9. The van der Waals surface area contributed by atoms with Crippen LogP contribution in [0.15, 0.2) is 12.1 Å². The molecule has 1 radical (unpaired) electrons. The molecule has 0 heterocycles. The molecule has 0 saturated carbocycles. The summed E-state index contributed by atoms with van der Waals surface area (Å²) in [6, 6.07) is 4.31. The Hall–Kier alpha value is -0.980. The topological polar surface area (TPSA) is 19.9 Å². The fraction of sp³-hybridized carbons (Fsp3) is 0.684. The van der Waals surface area contributed by atoms with Crippen LogP contribution in [-0.4, -0.2) is 0 Å². The molecular weight excluding hydrogens is 244 g/mol. The Kier molecular flexibility index (Phi) is 4.94. The number of hydrogen-bond donors (Lipinski definition) is 0. The summed E-state index contributed by atoms with van der Waals surface area (Å²) in [4.78, 5) is 0. The first-order valence-corrected chi connectivity index (χ1v) is 7.90. The Morgan fingerprint density at radius 2 is 1.50 bits per heavy atom. The molecular formula is C19H31O. The summed E-state index contributed by atoms with van der Waals surface area (Å²) in [5.41, 5.74) is 3.11. The van der Waals surface area contributed by atoms with Crippen LogP contribution in [0.3, 0.4) is 0 Å². The quantitative estimate of drug-likeness (QED) is 0.612. The molecule has 0 saturated heterocycles. The van der Waals surface area contributed by atoms with Crippen LogP contribution in [-0.2, 0) is 15.9 Å². The summed E-state index contributed by atoms with van der Waals surface area (Å²) >= 11 is 0. The highest BCUT2D eigenvalue weighted by atomic mass is 16.3. The first-order valence-electron chi connectivity index (χ1n) is 7.90. The van der Waals surface area contributed by atoms with E-state index in [1.165, 1.54) is 5.56 Å². The van der Waals surface area contributed by atoms with Gasteiger partial charge in [0.15, 0.2) is 5.75 Å². The van der Waals surface area contributed by atoms with Crippen LogP contribution >= 0.6 is 0 Å². The second-order valence-electron chi connectivity index (χ2n) is 7.74. The van der Waals surface area contributed by atoms with Gasteiger partial charge < -0.3 is 0 Å². The van der Waals surface area contributed by atoms with E-state index in [4.69, 9.17) is 0 Å². The van der Waals surface area contributed by atoms with Gasteiger partial charge in [-0.1, -0.05) is 67.5 Å². The molecule has 1 aromatic carbocycles. The lowest BCUT2D eigenvalue weighted by Crippen LogP contribution is -2.20. The maximum atomic E-state index is 12.9. The summed E-state index contributed by atoms with van der Waals surface area (Å²) < 4.78 is 0. The Bertz CT molecular complexity index is 463. The van der Waals surface area contributed by atoms with Crippen molar-refractivity contribution >= 4 is 0 Å². The van der Waals surface area contributed by atoms with Gasteiger partial charge >= 0.3 is 0 Å². The predicted molar refractivity (Wildman–Crippen MR) is 87.3 cm³/mol. The fourth-order valence-electron chi connectivity index (χ4n) is 2.42.